The number of thiophene rings is 1. The second-order valence-electron chi connectivity index (χ2n) is 4.46. The van der Waals surface area contributed by atoms with E-state index in [2.05, 4.69) is 39.6 Å². The van der Waals surface area contributed by atoms with E-state index in [1.807, 2.05) is 6.07 Å². The van der Waals surface area contributed by atoms with E-state index in [-0.39, 0.29) is 5.82 Å². The van der Waals surface area contributed by atoms with Gasteiger partial charge in [-0.15, -0.1) is 11.3 Å². The van der Waals surface area contributed by atoms with Gasteiger partial charge < -0.3 is 5.32 Å². The molecule has 2 aromatic rings. The standard InChI is InChI=1S/C15H17BrFNS/c1-2-18-10-12(9-15-14(16)6-7-19-15)11-4-3-5-13(17)8-11/h3-8,12,18H,2,9-10H2,1H3. The smallest absolute Gasteiger partial charge is 0.123 e. The molecule has 1 aromatic carbocycles. The molecule has 1 unspecified atom stereocenters. The molecule has 4 heteroatoms. The molecule has 1 atom stereocenters. The molecule has 0 aliphatic heterocycles. The molecule has 0 saturated heterocycles. The zero-order valence-electron chi connectivity index (χ0n) is 10.8. The van der Waals surface area contributed by atoms with Gasteiger partial charge in [0.15, 0.2) is 0 Å². The molecule has 0 radical (unpaired) electrons. The summed E-state index contributed by atoms with van der Waals surface area (Å²) in [4.78, 5) is 1.31. The van der Waals surface area contributed by atoms with E-state index < -0.39 is 0 Å². The van der Waals surface area contributed by atoms with Crippen LogP contribution in [0.25, 0.3) is 0 Å². The van der Waals surface area contributed by atoms with Gasteiger partial charge in [0, 0.05) is 21.8 Å². The molecule has 1 nitrogen and oxygen atoms in total. The van der Waals surface area contributed by atoms with E-state index in [1.54, 1.807) is 23.5 Å². The minimum atomic E-state index is -0.163. The zero-order chi connectivity index (χ0) is 13.7. The SMILES string of the molecule is CCNCC(Cc1sccc1Br)c1cccc(F)c1. The Labute approximate surface area is 126 Å². The molecule has 0 aliphatic carbocycles. The third-order valence-electron chi connectivity index (χ3n) is 3.08. The summed E-state index contributed by atoms with van der Waals surface area (Å²) < 4.78 is 14.5. The normalized spacial score (nSPS) is 12.6. The summed E-state index contributed by atoms with van der Waals surface area (Å²) in [5, 5.41) is 5.44. The van der Waals surface area contributed by atoms with E-state index >= 15 is 0 Å². The summed E-state index contributed by atoms with van der Waals surface area (Å²) >= 11 is 5.31. The van der Waals surface area contributed by atoms with Gasteiger partial charge in [-0.25, -0.2) is 4.39 Å². The topological polar surface area (TPSA) is 12.0 Å². The predicted octanol–water partition coefficient (Wildman–Crippen LogP) is 4.59. The molecule has 2 rings (SSSR count). The Balaban J connectivity index is 2.18. The number of rotatable bonds is 6. The van der Waals surface area contributed by atoms with Crippen molar-refractivity contribution in [2.24, 2.45) is 0 Å². The van der Waals surface area contributed by atoms with Crippen LogP contribution in [0, 0.1) is 5.82 Å². The van der Waals surface area contributed by atoms with E-state index in [9.17, 15) is 4.39 Å². The van der Waals surface area contributed by atoms with Gasteiger partial charge in [0.25, 0.3) is 0 Å². The molecule has 0 bridgehead atoms. The lowest BCUT2D eigenvalue weighted by Gasteiger charge is -2.17. The first-order valence-corrected chi connectivity index (χ1v) is 8.06. The maximum atomic E-state index is 13.4. The zero-order valence-corrected chi connectivity index (χ0v) is 13.2. The molecule has 1 N–H and O–H groups in total. The lowest BCUT2D eigenvalue weighted by Crippen LogP contribution is -2.22. The fraction of sp³-hybridized carbons (Fsp3) is 0.333. The summed E-state index contributed by atoms with van der Waals surface area (Å²) in [7, 11) is 0. The van der Waals surface area contributed by atoms with E-state index in [0.29, 0.717) is 5.92 Å². The van der Waals surface area contributed by atoms with Crippen molar-refractivity contribution in [3.05, 3.63) is 56.4 Å². The number of halogens is 2. The number of hydrogen-bond donors (Lipinski definition) is 1. The van der Waals surface area contributed by atoms with E-state index in [4.69, 9.17) is 0 Å². The molecule has 0 amide bonds. The number of hydrogen-bond acceptors (Lipinski definition) is 2. The van der Waals surface area contributed by atoms with Gasteiger partial charge >= 0.3 is 0 Å². The Bertz CT molecular complexity index is 526. The molecule has 102 valence electrons. The Kier molecular flexibility index (Phi) is 5.55. The minimum Gasteiger partial charge on any atom is -0.316 e. The molecule has 0 fully saturated rings. The van der Waals surface area contributed by atoms with Crippen molar-refractivity contribution in [2.45, 2.75) is 19.3 Å². The highest BCUT2D eigenvalue weighted by molar-refractivity contribution is 9.10. The molecule has 1 aromatic heterocycles. The summed E-state index contributed by atoms with van der Waals surface area (Å²) in [6, 6.07) is 8.99. The van der Waals surface area contributed by atoms with Crippen LogP contribution in [0.15, 0.2) is 40.2 Å². The molecule has 0 aliphatic rings. The quantitative estimate of drug-likeness (QED) is 0.810. The van der Waals surface area contributed by atoms with Crippen molar-refractivity contribution in [3.8, 4) is 0 Å². The van der Waals surface area contributed by atoms with Gasteiger partial charge in [0.1, 0.15) is 5.82 Å². The van der Waals surface area contributed by atoms with Crippen molar-refractivity contribution < 1.29 is 4.39 Å². The van der Waals surface area contributed by atoms with Crippen molar-refractivity contribution in [2.75, 3.05) is 13.1 Å². The third-order valence-corrected chi connectivity index (χ3v) is 5.03. The van der Waals surface area contributed by atoms with Crippen molar-refractivity contribution in [1.82, 2.24) is 5.32 Å². The van der Waals surface area contributed by atoms with Crippen LogP contribution < -0.4 is 5.32 Å². The maximum Gasteiger partial charge on any atom is 0.123 e. The molecular formula is C15H17BrFNS. The van der Waals surface area contributed by atoms with Gasteiger partial charge in [-0.1, -0.05) is 19.1 Å². The first-order valence-electron chi connectivity index (χ1n) is 6.38. The van der Waals surface area contributed by atoms with E-state index in [0.717, 1.165) is 29.5 Å². The van der Waals surface area contributed by atoms with Crippen molar-refractivity contribution in [1.29, 1.82) is 0 Å². The van der Waals surface area contributed by atoms with Crippen LogP contribution in [0.5, 0.6) is 0 Å². The fourth-order valence-electron chi connectivity index (χ4n) is 2.08. The second kappa shape index (κ2) is 7.17. The number of likely N-dealkylation sites (N-methyl/N-ethyl adjacent to an activating group) is 1. The maximum absolute atomic E-state index is 13.4. The average Bonchev–Trinajstić information content (AvgIpc) is 2.80. The Hall–Kier alpha value is -0.710. The van der Waals surface area contributed by atoms with Gasteiger partial charge in [-0.3, -0.25) is 0 Å². The second-order valence-corrected chi connectivity index (χ2v) is 6.31. The Morgan fingerprint density at radius 2 is 2.21 bits per heavy atom. The molecule has 0 saturated carbocycles. The lowest BCUT2D eigenvalue weighted by atomic mass is 9.95. The summed E-state index contributed by atoms with van der Waals surface area (Å²) in [5.41, 5.74) is 1.06. The Morgan fingerprint density at radius 1 is 1.37 bits per heavy atom. The van der Waals surface area contributed by atoms with Crippen molar-refractivity contribution in [3.63, 3.8) is 0 Å². The average molecular weight is 342 g/mol. The summed E-state index contributed by atoms with van der Waals surface area (Å²) in [6.45, 7) is 3.88. The van der Waals surface area contributed by atoms with Crippen LogP contribution in [-0.2, 0) is 6.42 Å². The van der Waals surface area contributed by atoms with Crippen molar-refractivity contribution >= 4 is 27.3 Å². The van der Waals surface area contributed by atoms with Gasteiger partial charge in [0.05, 0.1) is 0 Å². The van der Waals surface area contributed by atoms with Gasteiger partial charge in [0.2, 0.25) is 0 Å². The highest BCUT2D eigenvalue weighted by Gasteiger charge is 2.15. The van der Waals surface area contributed by atoms with Crippen LogP contribution in [0.4, 0.5) is 4.39 Å². The van der Waals surface area contributed by atoms with Crippen LogP contribution in [0.3, 0.4) is 0 Å². The van der Waals surface area contributed by atoms with Crippen LogP contribution >= 0.6 is 27.3 Å². The lowest BCUT2D eigenvalue weighted by molar-refractivity contribution is 0.585. The molecule has 1 heterocycles. The van der Waals surface area contributed by atoms with Gasteiger partial charge in [-0.2, -0.15) is 0 Å². The number of nitrogens with one attached hydrogen (secondary N) is 1. The summed E-state index contributed by atoms with van der Waals surface area (Å²) in [6.07, 6.45) is 0.925. The first kappa shape index (κ1) is 14.7. The minimum absolute atomic E-state index is 0.163. The van der Waals surface area contributed by atoms with E-state index in [1.165, 1.54) is 10.9 Å². The first-order chi connectivity index (χ1) is 9.20. The van der Waals surface area contributed by atoms with Crippen LogP contribution in [0.1, 0.15) is 23.3 Å². The molecule has 19 heavy (non-hydrogen) atoms. The highest BCUT2D eigenvalue weighted by atomic mass is 79.9. The van der Waals surface area contributed by atoms with Crippen LogP contribution in [-0.4, -0.2) is 13.1 Å². The number of benzene rings is 1. The third kappa shape index (κ3) is 4.13. The summed E-state index contributed by atoms with van der Waals surface area (Å²) in [5.74, 6) is 0.134. The fourth-order valence-corrected chi connectivity index (χ4v) is 3.68. The predicted molar refractivity (Wildman–Crippen MR) is 83.4 cm³/mol. The molecular weight excluding hydrogens is 325 g/mol. The monoisotopic (exact) mass is 341 g/mol. The highest BCUT2D eigenvalue weighted by Crippen LogP contribution is 2.29. The Morgan fingerprint density at radius 3 is 2.84 bits per heavy atom. The largest absolute Gasteiger partial charge is 0.316 e. The molecule has 0 spiro atoms. The van der Waals surface area contributed by atoms with Gasteiger partial charge in [-0.05, 0) is 58.0 Å². The van der Waals surface area contributed by atoms with Crippen LogP contribution in [0.2, 0.25) is 0 Å².